The van der Waals surface area contributed by atoms with Crippen molar-refractivity contribution in [3.05, 3.63) is 0 Å². The molecule has 0 saturated carbocycles. The predicted octanol–water partition coefficient (Wildman–Crippen LogP) is -3.97. The first-order chi connectivity index (χ1) is 0. The molecule has 0 spiro atoms. The molecule has 8 heteroatoms. The van der Waals surface area contributed by atoms with Crippen LogP contribution in [0.1, 0.15) is 0 Å². The van der Waals surface area contributed by atoms with Gasteiger partial charge in [0.1, 0.15) is 0 Å². The molecule has 0 amide bonds. The fraction of sp³-hybridized carbons (Fsp3) is 0. The molecule has 0 aromatic rings. The molecule has 0 radical (unpaired) electrons. The molecule has 0 aliphatic carbocycles. The van der Waals surface area contributed by atoms with E-state index < -0.39 is 0 Å². The second-order valence-electron chi connectivity index (χ2n) is 0. The molecule has 0 saturated heterocycles. The second-order valence-corrected chi connectivity index (χ2v) is 0. The summed E-state index contributed by atoms with van der Waals surface area (Å²) in [6, 6.07) is 0. The number of rotatable bonds is 0. The van der Waals surface area contributed by atoms with Gasteiger partial charge in [-0.15, -0.1) is 0 Å². The minimum Gasteiger partial charge on any atom is -2.00 e. The van der Waals surface area contributed by atoms with Gasteiger partial charge in [-0.1, -0.05) is 0 Å². The van der Waals surface area contributed by atoms with Crippen LogP contribution in [0.25, 0.3) is 0 Å². The molecule has 5 nitrogen and oxygen atoms in total. The number of hydrogen-bond acceptors (Lipinski definition) is 0. The zero-order valence-corrected chi connectivity index (χ0v) is 7.19. The van der Waals surface area contributed by atoms with Crippen molar-refractivity contribution in [3.63, 3.8) is 0 Å². The van der Waals surface area contributed by atoms with E-state index in [0.717, 1.165) is 0 Å². The van der Waals surface area contributed by atoms with Crippen molar-refractivity contribution >= 4 is 17.4 Å². The Morgan fingerprint density at radius 3 is 0.500 bits per heavy atom. The summed E-state index contributed by atoms with van der Waals surface area (Å²) in [6.45, 7) is 0. The van der Waals surface area contributed by atoms with Crippen LogP contribution in [0, 0.1) is 0 Å². The Hall–Kier alpha value is 1.62. The van der Waals surface area contributed by atoms with E-state index in [1.165, 1.54) is 0 Å². The summed E-state index contributed by atoms with van der Waals surface area (Å²) in [6.07, 6.45) is 0. The summed E-state index contributed by atoms with van der Waals surface area (Å²) < 4.78 is 0. The first-order valence-electron chi connectivity index (χ1n) is 0. The van der Waals surface area contributed by atoms with Crippen LogP contribution in [0.2, 0.25) is 0 Å². The average molecular weight is 210 g/mol. The van der Waals surface area contributed by atoms with Crippen LogP contribution in [-0.4, -0.2) is 17.4 Å². The van der Waals surface area contributed by atoms with Crippen molar-refractivity contribution in [1.82, 2.24) is 0 Å². The van der Waals surface area contributed by atoms with Crippen LogP contribution in [-0.2, 0) is 48.4 Å². The predicted molar refractivity (Wildman–Crippen MR) is 9.19 cm³/mol. The first kappa shape index (κ1) is 273. The molecular weight excluding hydrogens is 210 g/mol. The summed E-state index contributed by atoms with van der Waals surface area (Å²) in [5.41, 5.74) is 0. The topological polar surface area (TPSA) is 142 Å². The fourth-order valence-electron chi connectivity index (χ4n) is 0. The standard InChI is InChI=1S/Al.Li.Mo.5O/q+3;+1;;5*-2. The molecule has 0 aromatic heterocycles. The third kappa shape index (κ3) is 127. The van der Waals surface area contributed by atoms with E-state index in [1.807, 2.05) is 0 Å². The summed E-state index contributed by atoms with van der Waals surface area (Å²) >= 11 is 0. The van der Waals surface area contributed by atoms with E-state index in [0.29, 0.717) is 0 Å². The van der Waals surface area contributed by atoms with E-state index in [1.54, 1.807) is 0 Å². The Labute approximate surface area is 84.3 Å². The SMILES string of the molecule is [Al+3].[Li+].[Mo].[O-2].[O-2].[O-2].[O-2].[O-2]. The van der Waals surface area contributed by atoms with E-state index in [-0.39, 0.29) is 84.7 Å². The Kier molecular flexibility index (Phi) is 6510. The summed E-state index contributed by atoms with van der Waals surface area (Å²) in [4.78, 5) is 0. The Balaban J connectivity index is 0. The molecule has 0 fully saturated rings. The molecule has 0 bridgehead atoms. The fourth-order valence-corrected chi connectivity index (χ4v) is 0. The van der Waals surface area contributed by atoms with Crippen LogP contribution in [0.5, 0.6) is 0 Å². The molecular formula is AlLiMoO5-6. The van der Waals surface area contributed by atoms with Gasteiger partial charge in [-0.3, -0.25) is 0 Å². The Morgan fingerprint density at radius 2 is 0.500 bits per heavy atom. The van der Waals surface area contributed by atoms with E-state index in [9.17, 15) is 0 Å². The normalized spacial score (nSPS) is 0. The van der Waals surface area contributed by atoms with Gasteiger partial charge in [-0.25, -0.2) is 0 Å². The zero-order valence-electron chi connectivity index (χ0n) is 4.03. The summed E-state index contributed by atoms with van der Waals surface area (Å²) in [5, 5.41) is 0. The first-order valence-corrected chi connectivity index (χ1v) is 0. The summed E-state index contributed by atoms with van der Waals surface area (Å²) in [5.74, 6) is 0. The van der Waals surface area contributed by atoms with Gasteiger partial charge in [-0.05, 0) is 0 Å². The second kappa shape index (κ2) is 191. The van der Waals surface area contributed by atoms with Crippen LogP contribution >= 0.6 is 0 Å². The molecule has 0 atom stereocenters. The molecule has 0 unspecified atom stereocenters. The van der Waals surface area contributed by atoms with E-state index in [2.05, 4.69) is 0 Å². The molecule has 46 valence electrons. The van der Waals surface area contributed by atoms with Gasteiger partial charge < -0.3 is 27.4 Å². The minimum atomic E-state index is 0. The number of hydrogen-bond donors (Lipinski definition) is 0. The van der Waals surface area contributed by atoms with Crippen molar-refractivity contribution in [2.75, 3.05) is 0 Å². The van der Waals surface area contributed by atoms with Gasteiger partial charge in [0.05, 0.1) is 0 Å². The van der Waals surface area contributed by atoms with Gasteiger partial charge in [0.2, 0.25) is 0 Å². The monoisotopic (exact) mass is 212 g/mol. The molecule has 8 heavy (non-hydrogen) atoms. The maximum absolute atomic E-state index is 0. The van der Waals surface area contributed by atoms with Gasteiger partial charge in [0.15, 0.2) is 0 Å². The van der Waals surface area contributed by atoms with Crippen LogP contribution in [0.3, 0.4) is 0 Å². The molecule has 0 aliphatic heterocycles. The Morgan fingerprint density at radius 1 is 0.500 bits per heavy atom. The molecule has 0 N–H and O–H groups in total. The summed E-state index contributed by atoms with van der Waals surface area (Å²) in [7, 11) is 0. The molecule has 0 aromatic carbocycles. The van der Waals surface area contributed by atoms with Gasteiger partial charge in [-0.2, -0.15) is 0 Å². The van der Waals surface area contributed by atoms with Gasteiger partial charge >= 0.3 is 36.2 Å². The van der Waals surface area contributed by atoms with Crippen molar-refractivity contribution in [1.29, 1.82) is 0 Å². The van der Waals surface area contributed by atoms with Gasteiger partial charge in [0.25, 0.3) is 0 Å². The van der Waals surface area contributed by atoms with Crippen molar-refractivity contribution in [2.45, 2.75) is 0 Å². The average Bonchev–Trinajstić information content (AvgIpc) is 0. The third-order valence-corrected chi connectivity index (χ3v) is 0. The zero-order chi connectivity index (χ0) is 0. The third-order valence-electron chi connectivity index (χ3n) is 0. The maximum atomic E-state index is 0. The van der Waals surface area contributed by atoms with Crippen LogP contribution < -0.4 is 18.9 Å². The minimum absolute atomic E-state index is 0. The van der Waals surface area contributed by atoms with Gasteiger partial charge in [0, 0.05) is 21.1 Å². The van der Waals surface area contributed by atoms with Crippen LogP contribution in [0.15, 0.2) is 0 Å². The molecule has 0 heterocycles. The van der Waals surface area contributed by atoms with Crippen molar-refractivity contribution in [3.8, 4) is 0 Å². The van der Waals surface area contributed by atoms with Crippen molar-refractivity contribution < 1.29 is 67.3 Å². The Bertz CT molecular complexity index is 12.4. The molecule has 0 aliphatic rings. The van der Waals surface area contributed by atoms with Crippen molar-refractivity contribution in [2.24, 2.45) is 0 Å². The maximum Gasteiger partial charge on any atom is 3.00 e. The smallest absolute Gasteiger partial charge is 2.00 e. The van der Waals surface area contributed by atoms with Crippen LogP contribution in [0.4, 0.5) is 0 Å². The van der Waals surface area contributed by atoms with E-state index >= 15 is 0 Å². The quantitative estimate of drug-likeness (QED) is 0.359. The largest absolute Gasteiger partial charge is 3.00 e. The van der Waals surface area contributed by atoms with E-state index in [4.69, 9.17) is 0 Å². The molecule has 0 rings (SSSR count).